The van der Waals surface area contributed by atoms with Crippen LogP contribution in [0.3, 0.4) is 0 Å². The van der Waals surface area contributed by atoms with Crippen LogP contribution < -0.4 is 10.2 Å². The molecule has 0 spiro atoms. The van der Waals surface area contributed by atoms with Gasteiger partial charge in [-0.1, -0.05) is 68.2 Å². The van der Waals surface area contributed by atoms with Crippen LogP contribution in [-0.4, -0.2) is 43.8 Å². The second-order valence-electron chi connectivity index (χ2n) is 10.1. The molecule has 198 valence electrons. The molecular weight excluding hydrogens is 535 g/mol. The summed E-state index contributed by atoms with van der Waals surface area (Å²) in [7, 11) is -3.73. The van der Waals surface area contributed by atoms with Crippen LogP contribution in [0, 0.1) is 0 Å². The Hall–Kier alpha value is -2.36. The van der Waals surface area contributed by atoms with Crippen molar-refractivity contribution in [3.8, 4) is 5.75 Å². The highest BCUT2D eigenvalue weighted by Crippen LogP contribution is 2.28. The van der Waals surface area contributed by atoms with Crippen molar-refractivity contribution < 1.29 is 17.6 Å². The molecule has 0 bridgehead atoms. The number of hydrogen-bond acceptors (Lipinski definition) is 6. The second-order valence-corrected chi connectivity index (χ2v) is 12.8. The number of piperazine rings is 1. The summed E-state index contributed by atoms with van der Waals surface area (Å²) in [6, 6.07) is 13.9. The van der Waals surface area contributed by atoms with Crippen molar-refractivity contribution in [2.45, 2.75) is 44.2 Å². The average Bonchev–Trinajstić information content (AvgIpc) is 2.83. The van der Waals surface area contributed by atoms with Crippen molar-refractivity contribution in [1.82, 2.24) is 9.21 Å². The highest BCUT2D eigenvalue weighted by molar-refractivity contribution is 7.89. The Kier molecular flexibility index (Phi) is 8.35. The van der Waals surface area contributed by atoms with Gasteiger partial charge in [0.15, 0.2) is 0 Å². The third-order valence-electron chi connectivity index (χ3n) is 6.29. The summed E-state index contributed by atoms with van der Waals surface area (Å²) < 4.78 is 38.7. The average molecular weight is 566 g/mol. The molecule has 0 saturated carbocycles. The number of hydrogen-bond donors (Lipinski definition) is 0. The molecule has 4 rings (SSSR count). The second kappa shape index (κ2) is 11.2. The third-order valence-corrected chi connectivity index (χ3v) is 8.91. The zero-order chi connectivity index (χ0) is 26.8. The molecule has 0 atom stereocenters. The van der Waals surface area contributed by atoms with Gasteiger partial charge in [-0.3, -0.25) is 9.69 Å². The monoisotopic (exact) mass is 564 g/mol. The molecule has 7 nitrogen and oxygen atoms in total. The molecule has 2 heterocycles. The molecule has 1 saturated heterocycles. The Labute approximate surface area is 227 Å². The van der Waals surface area contributed by atoms with Gasteiger partial charge in [-0.05, 0) is 34.7 Å². The van der Waals surface area contributed by atoms with E-state index in [0.29, 0.717) is 43.5 Å². The van der Waals surface area contributed by atoms with E-state index in [1.807, 2.05) is 17.0 Å². The highest BCUT2D eigenvalue weighted by Gasteiger charge is 2.30. The molecule has 0 aliphatic carbocycles. The zero-order valence-electron chi connectivity index (χ0n) is 21.0. The van der Waals surface area contributed by atoms with E-state index in [0.717, 1.165) is 5.56 Å². The van der Waals surface area contributed by atoms with Gasteiger partial charge in [0.25, 0.3) is 0 Å². The summed E-state index contributed by atoms with van der Waals surface area (Å²) in [5.74, 6) is 0.642. The van der Waals surface area contributed by atoms with Crippen LogP contribution in [0.4, 0.5) is 0 Å². The number of ether oxygens (including phenoxy) is 1. The lowest BCUT2D eigenvalue weighted by Gasteiger charge is -2.33. The maximum Gasteiger partial charge on any atom is 0.244 e. The SMILES string of the molecule is CC(C)(C)c1ccc(COc2coc(CN3CCN(S(=O)(=O)c4ccc(Cl)cc4Cl)CC3)cc2=O)cc1. The number of rotatable bonds is 7. The Morgan fingerprint density at radius 2 is 1.65 bits per heavy atom. The first-order valence-corrected chi connectivity index (χ1v) is 14.1. The van der Waals surface area contributed by atoms with E-state index in [1.54, 1.807) is 0 Å². The van der Waals surface area contributed by atoms with Gasteiger partial charge in [0.05, 0.1) is 11.6 Å². The molecule has 37 heavy (non-hydrogen) atoms. The minimum absolute atomic E-state index is 0.0405. The van der Waals surface area contributed by atoms with Gasteiger partial charge >= 0.3 is 0 Å². The van der Waals surface area contributed by atoms with E-state index in [9.17, 15) is 13.2 Å². The van der Waals surface area contributed by atoms with Crippen molar-refractivity contribution in [2.75, 3.05) is 26.2 Å². The van der Waals surface area contributed by atoms with E-state index in [1.165, 1.54) is 40.4 Å². The molecule has 1 aromatic heterocycles. The van der Waals surface area contributed by atoms with Gasteiger partial charge in [-0.25, -0.2) is 8.42 Å². The zero-order valence-corrected chi connectivity index (χ0v) is 23.4. The largest absolute Gasteiger partial charge is 0.482 e. The summed E-state index contributed by atoms with van der Waals surface area (Å²) in [6.45, 7) is 8.68. The van der Waals surface area contributed by atoms with E-state index in [-0.39, 0.29) is 33.1 Å². The van der Waals surface area contributed by atoms with Gasteiger partial charge in [-0.2, -0.15) is 4.31 Å². The van der Waals surface area contributed by atoms with Crippen LogP contribution >= 0.6 is 23.2 Å². The summed E-state index contributed by atoms with van der Waals surface area (Å²) in [6.07, 6.45) is 1.34. The number of halogens is 2. The molecular formula is C27H30Cl2N2O5S. The molecule has 0 N–H and O–H groups in total. The maximum atomic E-state index is 13.0. The van der Waals surface area contributed by atoms with Crippen LogP contribution in [0.5, 0.6) is 5.75 Å². The lowest BCUT2D eigenvalue weighted by Crippen LogP contribution is -2.48. The molecule has 3 aromatic rings. The number of sulfonamides is 1. The van der Waals surface area contributed by atoms with Crippen LogP contribution in [0.25, 0.3) is 0 Å². The Balaban J connectivity index is 1.32. The predicted molar refractivity (Wildman–Crippen MR) is 145 cm³/mol. The van der Waals surface area contributed by atoms with Crippen molar-refractivity contribution in [3.05, 3.63) is 91.9 Å². The minimum Gasteiger partial charge on any atom is -0.482 e. The Bertz CT molecular complexity index is 1410. The van der Waals surface area contributed by atoms with Gasteiger partial charge in [0.1, 0.15) is 23.5 Å². The summed E-state index contributed by atoms with van der Waals surface area (Å²) >= 11 is 12.0. The summed E-state index contributed by atoms with van der Waals surface area (Å²) in [5, 5.41) is 0.474. The van der Waals surface area contributed by atoms with Crippen molar-refractivity contribution >= 4 is 33.2 Å². The third kappa shape index (κ3) is 6.75. The minimum atomic E-state index is -3.73. The summed E-state index contributed by atoms with van der Waals surface area (Å²) in [4.78, 5) is 14.6. The topological polar surface area (TPSA) is 80.1 Å². The molecule has 0 amide bonds. The van der Waals surface area contributed by atoms with E-state index >= 15 is 0 Å². The van der Waals surface area contributed by atoms with E-state index in [2.05, 4.69) is 32.9 Å². The fourth-order valence-electron chi connectivity index (χ4n) is 4.06. The number of nitrogens with zero attached hydrogens (tertiary/aromatic N) is 2. The lowest BCUT2D eigenvalue weighted by atomic mass is 9.87. The van der Waals surface area contributed by atoms with Crippen molar-refractivity contribution in [1.29, 1.82) is 0 Å². The highest BCUT2D eigenvalue weighted by atomic mass is 35.5. The fourth-order valence-corrected chi connectivity index (χ4v) is 6.23. The van der Waals surface area contributed by atoms with E-state index in [4.69, 9.17) is 32.4 Å². The smallest absolute Gasteiger partial charge is 0.244 e. The van der Waals surface area contributed by atoms with E-state index < -0.39 is 10.0 Å². The Morgan fingerprint density at radius 1 is 0.973 bits per heavy atom. The van der Waals surface area contributed by atoms with Crippen molar-refractivity contribution in [3.63, 3.8) is 0 Å². The van der Waals surface area contributed by atoms with Gasteiger partial charge < -0.3 is 9.15 Å². The standard InChI is InChI=1S/C27H30Cl2N2O5S/c1-27(2,3)20-6-4-19(5-7-20)17-36-25-18-35-22(15-24(25)32)16-30-10-12-31(13-11-30)37(33,34)26-9-8-21(28)14-23(26)29/h4-9,14-15,18H,10-13,16-17H2,1-3H3. The first-order chi connectivity index (χ1) is 17.4. The lowest BCUT2D eigenvalue weighted by molar-refractivity contribution is 0.169. The predicted octanol–water partition coefficient (Wildman–Crippen LogP) is 5.33. The van der Waals surface area contributed by atoms with Gasteiger partial charge in [0.2, 0.25) is 21.2 Å². The van der Waals surface area contributed by atoms with Gasteiger partial charge in [-0.15, -0.1) is 0 Å². The Morgan fingerprint density at radius 3 is 2.24 bits per heavy atom. The first-order valence-electron chi connectivity index (χ1n) is 11.9. The van der Waals surface area contributed by atoms with Crippen molar-refractivity contribution in [2.24, 2.45) is 0 Å². The first kappa shape index (κ1) is 27.7. The van der Waals surface area contributed by atoms with Crippen LogP contribution in [0.15, 0.2) is 68.9 Å². The number of benzene rings is 2. The molecule has 0 radical (unpaired) electrons. The molecule has 10 heteroatoms. The molecule has 1 aliphatic rings. The fraction of sp³-hybridized carbons (Fsp3) is 0.370. The van der Waals surface area contributed by atoms with Gasteiger partial charge in [0, 0.05) is 37.3 Å². The van der Waals surface area contributed by atoms with Crippen LogP contribution in [-0.2, 0) is 28.6 Å². The normalized spacial score (nSPS) is 15.6. The quantitative estimate of drug-likeness (QED) is 0.386. The maximum absolute atomic E-state index is 13.0. The molecule has 0 unspecified atom stereocenters. The van der Waals surface area contributed by atoms with Crippen LogP contribution in [0.1, 0.15) is 37.7 Å². The molecule has 1 aliphatic heterocycles. The molecule has 2 aromatic carbocycles. The molecule has 1 fully saturated rings. The summed E-state index contributed by atoms with van der Waals surface area (Å²) in [5.41, 5.74) is 2.00. The van der Waals surface area contributed by atoms with Crippen LogP contribution in [0.2, 0.25) is 10.0 Å².